The fourth-order valence-electron chi connectivity index (χ4n) is 0.731. The number of ether oxygens (including phenoxy) is 1. The number of hydrogen-bond donors (Lipinski definition) is 2. The summed E-state index contributed by atoms with van der Waals surface area (Å²) >= 11 is 3.03. The summed E-state index contributed by atoms with van der Waals surface area (Å²) < 4.78 is 17.7. The number of nitrogens with two attached hydrogens (primary N) is 2. The molecule has 1 amide bonds. The van der Waals surface area contributed by atoms with Gasteiger partial charge in [0.2, 0.25) is 0 Å². The van der Waals surface area contributed by atoms with E-state index < -0.39 is 11.9 Å². The number of primary amides is 1. The second kappa shape index (κ2) is 3.61. The Hall–Kier alpha value is -1.30. The zero-order chi connectivity index (χ0) is 10.0. The average Bonchev–Trinajstić information content (AvgIpc) is 1.99. The molecule has 6 heteroatoms. The average molecular weight is 249 g/mol. The minimum Gasteiger partial charge on any atom is -0.409 e. The standard InChI is InChI=1S/C7H6BrFN2O2/c8-3-1-5(10)4(9)2-6(3)13-7(11)12/h1-2H,10H2,(H2,11,12). The molecule has 70 valence electrons. The van der Waals surface area contributed by atoms with E-state index in [1.165, 1.54) is 6.07 Å². The highest BCUT2D eigenvalue weighted by Crippen LogP contribution is 2.29. The van der Waals surface area contributed by atoms with Crippen LogP contribution >= 0.6 is 15.9 Å². The summed E-state index contributed by atoms with van der Waals surface area (Å²) in [5, 5.41) is 0. The number of carbonyl (C=O) groups is 1. The van der Waals surface area contributed by atoms with Gasteiger partial charge in [-0.15, -0.1) is 0 Å². The lowest BCUT2D eigenvalue weighted by Crippen LogP contribution is -2.16. The fraction of sp³-hybridized carbons (Fsp3) is 0. The molecule has 0 unspecified atom stereocenters. The molecule has 0 aliphatic rings. The van der Waals surface area contributed by atoms with E-state index in [0.717, 1.165) is 6.07 Å². The largest absolute Gasteiger partial charge is 0.410 e. The van der Waals surface area contributed by atoms with Gasteiger partial charge in [-0.2, -0.15) is 0 Å². The Bertz CT molecular complexity index is 357. The maximum absolute atomic E-state index is 12.8. The van der Waals surface area contributed by atoms with E-state index in [2.05, 4.69) is 20.7 Å². The van der Waals surface area contributed by atoms with Crippen LogP contribution in [-0.4, -0.2) is 6.09 Å². The Kier molecular flexibility index (Phi) is 2.72. The van der Waals surface area contributed by atoms with Crippen molar-refractivity contribution in [2.75, 3.05) is 5.73 Å². The smallest absolute Gasteiger partial charge is 0.409 e. The molecular formula is C7H6BrFN2O2. The van der Waals surface area contributed by atoms with Crippen molar-refractivity contribution >= 4 is 27.7 Å². The van der Waals surface area contributed by atoms with Gasteiger partial charge in [0, 0.05) is 6.07 Å². The van der Waals surface area contributed by atoms with Crippen LogP contribution in [0.4, 0.5) is 14.9 Å². The van der Waals surface area contributed by atoms with Crippen LogP contribution in [0, 0.1) is 5.82 Å². The molecule has 0 aliphatic carbocycles. The van der Waals surface area contributed by atoms with E-state index in [4.69, 9.17) is 11.5 Å². The molecular weight excluding hydrogens is 243 g/mol. The summed E-state index contributed by atoms with van der Waals surface area (Å²) in [6.07, 6.45) is -1.01. The first kappa shape index (κ1) is 9.79. The Morgan fingerprint density at radius 1 is 1.54 bits per heavy atom. The van der Waals surface area contributed by atoms with Gasteiger partial charge in [-0.25, -0.2) is 9.18 Å². The zero-order valence-corrected chi connectivity index (χ0v) is 7.97. The number of carbonyl (C=O) groups excluding carboxylic acids is 1. The summed E-state index contributed by atoms with van der Waals surface area (Å²) in [5.74, 6) is -0.668. The number of rotatable bonds is 1. The van der Waals surface area contributed by atoms with Gasteiger partial charge in [0.15, 0.2) is 0 Å². The monoisotopic (exact) mass is 248 g/mol. The molecule has 0 radical (unpaired) electrons. The van der Waals surface area contributed by atoms with Crippen molar-refractivity contribution in [1.29, 1.82) is 0 Å². The van der Waals surface area contributed by atoms with Crippen molar-refractivity contribution in [3.8, 4) is 5.75 Å². The van der Waals surface area contributed by atoms with E-state index >= 15 is 0 Å². The number of hydrogen-bond acceptors (Lipinski definition) is 3. The first-order valence-electron chi connectivity index (χ1n) is 3.22. The first-order valence-corrected chi connectivity index (χ1v) is 4.02. The third-order valence-corrected chi connectivity index (χ3v) is 1.88. The third kappa shape index (κ3) is 2.32. The normalized spacial score (nSPS) is 9.69. The van der Waals surface area contributed by atoms with Crippen LogP contribution < -0.4 is 16.2 Å². The Morgan fingerprint density at radius 3 is 2.69 bits per heavy atom. The molecule has 0 fully saturated rings. The molecule has 0 saturated carbocycles. The predicted molar refractivity (Wildman–Crippen MR) is 48.7 cm³/mol. The van der Waals surface area contributed by atoms with E-state index in [9.17, 15) is 9.18 Å². The van der Waals surface area contributed by atoms with Gasteiger partial charge in [0.05, 0.1) is 10.2 Å². The molecule has 4 N–H and O–H groups in total. The van der Waals surface area contributed by atoms with Gasteiger partial charge in [-0.1, -0.05) is 0 Å². The minimum absolute atomic E-state index is 0.000741. The number of halogens is 2. The molecule has 0 spiro atoms. The number of anilines is 1. The lowest BCUT2D eigenvalue weighted by Gasteiger charge is -2.04. The highest BCUT2D eigenvalue weighted by molar-refractivity contribution is 9.10. The van der Waals surface area contributed by atoms with Crippen LogP contribution in [0.1, 0.15) is 0 Å². The second-order valence-electron chi connectivity index (χ2n) is 2.23. The van der Waals surface area contributed by atoms with Gasteiger partial charge >= 0.3 is 6.09 Å². The lowest BCUT2D eigenvalue weighted by atomic mass is 10.3. The molecule has 1 aromatic rings. The Balaban J connectivity index is 3.08. The van der Waals surface area contributed by atoms with Crippen molar-refractivity contribution < 1.29 is 13.9 Å². The summed E-state index contributed by atoms with van der Waals surface area (Å²) in [6, 6.07) is 2.26. The third-order valence-electron chi connectivity index (χ3n) is 1.26. The maximum Gasteiger partial charge on any atom is 0.410 e. The molecule has 4 nitrogen and oxygen atoms in total. The van der Waals surface area contributed by atoms with Crippen LogP contribution in [0.3, 0.4) is 0 Å². The highest BCUT2D eigenvalue weighted by atomic mass is 79.9. The summed E-state index contributed by atoms with van der Waals surface area (Å²) in [6.45, 7) is 0. The predicted octanol–water partition coefficient (Wildman–Crippen LogP) is 1.63. The summed E-state index contributed by atoms with van der Waals surface area (Å²) in [5.41, 5.74) is 9.95. The first-order chi connectivity index (χ1) is 6.00. The van der Waals surface area contributed by atoms with Crippen LogP contribution in [0.2, 0.25) is 0 Å². The maximum atomic E-state index is 12.8. The summed E-state index contributed by atoms with van der Waals surface area (Å²) in [4.78, 5) is 10.3. The number of nitrogen functional groups attached to an aromatic ring is 1. The zero-order valence-electron chi connectivity index (χ0n) is 6.38. The molecule has 0 atom stereocenters. The fourth-order valence-corrected chi connectivity index (χ4v) is 1.17. The van der Waals surface area contributed by atoms with Crippen molar-refractivity contribution in [2.45, 2.75) is 0 Å². The molecule has 0 aromatic heterocycles. The van der Waals surface area contributed by atoms with Crippen LogP contribution in [0.15, 0.2) is 16.6 Å². The molecule has 0 aliphatic heterocycles. The van der Waals surface area contributed by atoms with Crippen molar-refractivity contribution in [3.05, 3.63) is 22.4 Å². The van der Waals surface area contributed by atoms with E-state index in [1.54, 1.807) is 0 Å². The molecule has 1 aromatic carbocycles. The van der Waals surface area contributed by atoms with Crippen molar-refractivity contribution in [1.82, 2.24) is 0 Å². The number of amides is 1. The van der Waals surface area contributed by atoms with E-state index in [0.29, 0.717) is 4.47 Å². The summed E-state index contributed by atoms with van der Waals surface area (Å²) in [7, 11) is 0. The van der Waals surface area contributed by atoms with Gasteiger partial charge in [0.25, 0.3) is 0 Å². The topological polar surface area (TPSA) is 78.3 Å². The molecule has 1 rings (SSSR count). The van der Waals surface area contributed by atoms with E-state index in [1.807, 2.05) is 0 Å². The van der Waals surface area contributed by atoms with Crippen LogP contribution in [-0.2, 0) is 0 Å². The highest BCUT2D eigenvalue weighted by Gasteiger charge is 2.08. The molecule has 0 heterocycles. The Morgan fingerprint density at radius 2 is 2.15 bits per heavy atom. The molecule has 0 saturated heterocycles. The van der Waals surface area contributed by atoms with Crippen molar-refractivity contribution in [3.63, 3.8) is 0 Å². The van der Waals surface area contributed by atoms with Crippen LogP contribution in [0.25, 0.3) is 0 Å². The SMILES string of the molecule is NC(=O)Oc1cc(F)c(N)cc1Br. The van der Waals surface area contributed by atoms with Crippen molar-refractivity contribution in [2.24, 2.45) is 5.73 Å². The number of benzene rings is 1. The van der Waals surface area contributed by atoms with Gasteiger partial charge in [-0.3, -0.25) is 0 Å². The minimum atomic E-state index is -1.01. The molecule has 13 heavy (non-hydrogen) atoms. The Labute approximate surface area is 81.8 Å². The second-order valence-corrected chi connectivity index (χ2v) is 3.08. The molecule has 0 bridgehead atoms. The van der Waals surface area contributed by atoms with E-state index in [-0.39, 0.29) is 11.4 Å². The van der Waals surface area contributed by atoms with Gasteiger partial charge in [-0.05, 0) is 22.0 Å². The quantitative estimate of drug-likeness (QED) is 0.742. The van der Waals surface area contributed by atoms with Crippen LogP contribution in [0.5, 0.6) is 5.75 Å². The van der Waals surface area contributed by atoms with Gasteiger partial charge < -0.3 is 16.2 Å². The van der Waals surface area contributed by atoms with Gasteiger partial charge in [0.1, 0.15) is 11.6 Å². The lowest BCUT2D eigenvalue weighted by molar-refractivity contribution is 0.210.